The third kappa shape index (κ3) is 12.7. The molecule has 0 saturated carbocycles. The maximum absolute atomic E-state index is 13.6. The van der Waals surface area contributed by atoms with Crippen LogP contribution < -0.4 is 15.1 Å². The van der Waals surface area contributed by atoms with Gasteiger partial charge in [-0.2, -0.15) is 26.3 Å². The van der Waals surface area contributed by atoms with Crippen LogP contribution >= 0.6 is 69.1 Å². The van der Waals surface area contributed by atoms with Gasteiger partial charge >= 0.3 is 18.4 Å². The van der Waals surface area contributed by atoms with Crippen LogP contribution in [-0.2, 0) is 17.1 Å². The number of anilines is 2. The molecule has 1 amide bonds. The van der Waals surface area contributed by atoms with Gasteiger partial charge in [-0.15, -0.1) is 22.7 Å². The van der Waals surface area contributed by atoms with E-state index in [2.05, 4.69) is 35.1 Å². The first kappa shape index (κ1) is 53.9. The second kappa shape index (κ2) is 22.0. The van der Waals surface area contributed by atoms with E-state index in [0.29, 0.717) is 57.4 Å². The number of rotatable bonds is 8. The van der Waals surface area contributed by atoms with E-state index < -0.39 is 29.3 Å². The quantitative estimate of drug-likeness (QED) is 0.149. The van der Waals surface area contributed by atoms with Gasteiger partial charge < -0.3 is 24.8 Å². The molecule has 0 unspecified atom stereocenters. The summed E-state index contributed by atoms with van der Waals surface area (Å²) in [6.07, 6.45) is -4.19. The molecule has 2 saturated heterocycles. The number of alkyl halides is 6. The first-order chi connectivity index (χ1) is 35.6. The van der Waals surface area contributed by atoms with Crippen LogP contribution in [0.5, 0.6) is 0 Å². The van der Waals surface area contributed by atoms with Crippen LogP contribution in [0.4, 0.5) is 42.8 Å². The highest BCUT2D eigenvalue weighted by Gasteiger charge is 2.37. The molecule has 0 atom stereocenters. The van der Waals surface area contributed by atoms with Gasteiger partial charge in [-0.3, -0.25) is 9.13 Å². The number of nitrogens with zero attached hydrogens (tertiary/aromatic N) is 9. The molecule has 0 radical (unpaired) electrons. The summed E-state index contributed by atoms with van der Waals surface area (Å²) >= 11 is 27.4. The Balaban J connectivity index is 0.000000187. The average molecular weight is 1150 g/mol. The Labute approximate surface area is 455 Å². The van der Waals surface area contributed by atoms with Crippen LogP contribution in [0.15, 0.2) is 110 Å². The van der Waals surface area contributed by atoms with E-state index in [9.17, 15) is 31.1 Å². The van der Waals surface area contributed by atoms with Gasteiger partial charge in [0.25, 0.3) is 0 Å². The van der Waals surface area contributed by atoms with Crippen molar-refractivity contribution in [3.63, 3.8) is 0 Å². The Morgan fingerprint density at radius 2 is 1.00 bits per heavy atom. The molecule has 8 heterocycles. The Kier molecular flexibility index (Phi) is 15.8. The fraction of sp³-hybridized carbons (Fsp3) is 0.275. The van der Waals surface area contributed by atoms with Crippen LogP contribution in [0, 0.1) is 0 Å². The lowest BCUT2D eigenvalue weighted by Gasteiger charge is -2.36. The predicted molar refractivity (Wildman–Crippen MR) is 285 cm³/mol. The molecule has 392 valence electrons. The van der Waals surface area contributed by atoms with E-state index in [0.717, 1.165) is 71.1 Å². The number of piperazine rings is 2. The van der Waals surface area contributed by atoms with Crippen LogP contribution in [0.1, 0.15) is 32.2 Å². The molecule has 8 aromatic rings. The number of pyridine rings is 2. The van der Waals surface area contributed by atoms with Gasteiger partial charge in [-0.1, -0.05) is 46.4 Å². The second-order valence-corrected chi connectivity index (χ2v) is 22.0. The molecule has 6 aromatic heterocycles. The van der Waals surface area contributed by atoms with Gasteiger partial charge in [0, 0.05) is 108 Å². The minimum atomic E-state index is -4.64. The molecule has 1 N–H and O–H groups in total. The van der Waals surface area contributed by atoms with Gasteiger partial charge in [0.15, 0.2) is 23.0 Å². The normalized spacial score (nSPS) is 14.5. The van der Waals surface area contributed by atoms with Crippen LogP contribution in [-0.4, -0.2) is 98.0 Å². The summed E-state index contributed by atoms with van der Waals surface area (Å²) < 4.78 is 89.5. The molecule has 0 bridgehead atoms. The van der Waals surface area contributed by atoms with Crippen molar-refractivity contribution >= 4 is 86.8 Å². The van der Waals surface area contributed by atoms with Crippen molar-refractivity contribution in [3.8, 4) is 53.7 Å². The van der Waals surface area contributed by atoms with E-state index >= 15 is 0 Å². The smallest absolute Gasteiger partial charge is 0.434 e. The number of carbonyl (C=O) groups excluding carboxylic acids is 1. The highest BCUT2D eigenvalue weighted by atomic mass is 35.5. The number of aromatic nitrogens is 6. The summed E-state index contributed by atoms with van der Waals surface area (Å²) in [6.45, 7) is 11.4. The van der Waals surface area contributed by atoms with Gasteiger partial charge in [0.05, 0.1) is 31.2 Å². The lowest BCUT2D eigenvalue weighted by molar-refractivity contribution is -0.141. The van der Waals surface area contributed by atoms with Crippen molar-refractivity contribution < 1.29 is 35.9 Å². The van der Waals surface area contributed by atoms with E-state index in [1.807, 2.05) is 57.2 Å². The van der Waals surface area contributed by atoms with E-state index in [-0.39, 0.29) is 27.8 Å². The summed E-state index contributed by atoms with van der Waals surface area (Å²) in [4.78, 5) is 38.1. The van der Waals surface area contributed by atoms with Crippen molar-refractivity contribution in [2.45, 2.75) is 38.7 Å². The molecular formula is C51H44Cl4F6N10O2S2. The first-order valence-corrected chi connectivity index (χ1v) is 26.3. The number of benzene rings is 2. The molecule has 75 heavy (non-hydrogen) atoms. The van der Waals surface area contributed by atoms with Gasteiger partial charge in [-0.25, -0.2) is 24.7 Å². The maximum Gasteiger partial charge on any atom is 0.434 e. The van der Waals surface area contributed by atoms with Crippen molar-refractivity contribution in [1.29, 1.82) is 0 Å². The number of hydrogen-bond acceptors (Lipinski definition) is 11. The summed E-state index contributed by atoms with van der Waals surface area (Å²) in [6, 6.07) is 24.1. The largest absolute Gasteiger partial charge is 0.444 e. The van der Waals surface area contributed by atoms with Crippen LogP contribution in [0.3, 0.4) is 0 Å². The number of nitrogens with one attached hydrogen (secondary N) is 1. The van der Waals surface area contributed by atoms with Gasteiger partial charge in [0.2, 0.25) is 0 Å². The fourth-order valence-electron chi connectivity index (χ4n) is 8.09. The van der Waals surface area contributed by atoms with E-state index in [1.54, 1.807) is 47.6 Å². The molecular weight excluding hydrogens is 1100 g/mol. The van der Waals surface area contributed by atoms with Crippen molar-refractivity contribution in [3.05, 3.63) is 141 Å². The molecule has 0 aliphatic carbocycles. The third-order valence-electron chi connectivity index (χ3n) is 11.7. The first-order valence-electron chi connectivity index (χ1n) is 23.1. The number of ether oxygens (including phenoxy) is 1. The topological polar surface area (TPSA) is 109 Å². The second-order valence-electron chi connectivity index (χ2n) is 18.2. The van der Waals surface area contributed by atoms with Crippen LogP contribution in [0.2, 0.25) is 20.1 Å². The van der Waals surface area contributed by atoms with Crippen LogP contribution in [0.25, 0.3) is 53.7 Å². The Bertz CT molecular complexity index is 3300. The Morgan fingerprint density at radius 1 is 0.573 bits per heavy atom. The van der Waals surface area contributed by atoms with Crippen molar-refractivity contribution in [1.82, 2.24) is 39.3 Å². The third-order valence-corrected chi connectivity index (χ3v) is 15.1. The van der Waals surface area contributed by atoms with Gasteiger partial charge in [-0.05, 0) is 106 Å². The molecule has 0 spiro atoms. The lowest BCUT2D eigenvalue weighted by atomic mass is 10.2. The highest BCUT2D eigenvalue weighted by molar-refractivity contribution is 7.19. The summed E-state index contributed by atoms with van der Waals surface area (Å²) in [7, 11) is 0. The monoisotopic (exact) mass is 1150 g/mol. The number of carbonyl (C=O) groups is 1. The zero-order valence-electron chi connectivity index (χ0n) is 40.0. The zero-order valence-corrected chi connectivity index (χ0v) is 44.6. The van der Waals surface area contributed by atoms with Gasteiger partial charge in [0.1, 0.15) is 17.2 Å². The minimum absolute atomic E-state index is 0.102. The Morgan fingerprint density at radius 3 is 1.40 bits per heavy atom. The number of thiophene rings is 2. The van der Waals surface area contributed by atoms with E-state index in [1.165, 1.54) is 50.0 Å². The standard InChI is InChI=1S/C28H26Cl2F3N5O2S.C23H18Cl2F3N5S/c1-27(2,3)40-26(39)37-12-10-36(11-13-37)24-9-4-17(15-34-24)21-7-8-22(41-21)25-35-23(28(31,32)33)16-38(25)20-14-18(29)5-6-19(20)30;24-15-2-3-16(25)17(11-15)33-13-20(23(26,27)28)31-22(33)19-5-4-18(34-19)14-1-6-21(30-12-14)32-9-7-29-8-10-32/h4-9,14-16H,10-13H2,1-3H3;1-6,11-13,29H,7-10H2. The fourth-order valence-corrected chi connectivity index (χ4v) is 10.8. The molecule has 2 aliphatic heterocycles. The zero-order chi connectivity index (χ0) is 53.4. The summed E-state index contributed by atoms with van der Waals surface area (Å²) in [5.74, 6) is 1.92. The predicted octanol–water partition coefficient (Wildman–Crippen LogP) is 14.4. The maximum atomic E-state index is 13.6. The molecule has 2 aliphatic rings. The van der Waals surface area contributed by atoms with Crippen molar-refractivity contribution in [2.24, 2.45) is 0 Å². The number of amides is 1. The number of hydrogen-bond donors (Lipinski definition) is 1. The lowest BCUT2D eigenvalue weighted by Crippen LogP contribution is -2.50. The molecule has 12 nitrogen and oxygen atoms in total. The number of halogens is 10. The number of imidazole rings is 2. The molecule has 10 rings (SSSR count). The Hall–Kier alpha value is -5.87. The summed E-state index contributed by atoms with van der Waals surface area (Å²) in [5, 5.41) is 4.51. The molecule has 2 fully saturated rings. The van der Waals surface area contributed by atoms with E-state index in [4.69, 9.17) is 51.1 Å². The highest BCUT2D eigenvalue weighted by Crippen LogP contribution is 2.42. The molecule has 2 aromatic carbocycles. The average Bonchev–Trinajstić information content (AvgIpc) is 4.23. The SMILES string of the molecule is CC(C)(C)OC(=O)N1CCN(c2ccc(-c3ccc(-c4nc(C(F)(F)F)cn4-c4cc(Cl)ccc4Cl)s3)cn2)CC1.FC(F)(F)c1cn(-c2cc(Cl)ccc2Cl)c(-c2ccc(-c3ccc(N4CCNCC4)nc3)s2)n1. The minimum Gasteiger partial charge on any atom is -0.444 e. The summed E-state index contributed by atoms with van der Waals surface area (Å²) in [5.41, 5.74) is -0.270. The molecule has 24 heteroatoms. The van der Waals surface area contributed by atoms with Crippen molar-refractivity contribution in [2.75, 3.05) is 62.2 Å².